The van der Waals surface area contributed by atoms with Gasteiger partial charge in [0.2, 0.25) is 0 Å². The molecular weight excluding hydrogens is 518 g/mol. The fourth-order valence-electron chi connectivity index (χ4n) is 4.44. The van der Waals surface area contributed by atoms with Crippen molar-refractivity contribution in [1.82, 2.24) is 39.2 Å². The van der Waals surface area contributed by atoms with Crippen molar-refractivity contribution in [2.45, 2.75) is 43.1 Å². The highest BCUT2D eigenvalue weighted by atomic mass is 32.2. The number of aryl methyl sites for hydroxylation is 1. The van der Waals surface area contributed by atoms with Gasteiger partial charge in [0.25, 0.3) is 10.0 Å². The SMILES string of the molecule is Cn1cc(C#Cc2cnc(Nc3ccnc(-c4cnn(S(=O)(=O)C5CC5)c4)n3)cc2C2CCC(O)CN2)cn1. The number of aliphatic hydroxyl groups is 1. The highest BCUT2D eigenvalue weighted by Gasteiger charge is 2.37. The zero-order valence-corrected chi connectivity index (χ0v) is 22.0. The van der Waals surface area contributed by atoms with Gasteiger partial charge in [-0.15, -0.1) is 0 Å². The van der Waals surface area contributed by atoms with Gasteiger partial charge in [-0.3, -0.25) is 4.68 Å². The number of nitrogens with one attached hydrogen (secondary N) is 2. The molecule has 0 spiro atoms. The molecule has 1 saturated heterocycles. The first-order chi connectivity index (χ1) is 18.8. The molecule has 2 atom stereocenters. The largest absolute Gasteiger partial charge is 0.392 e. The summed E-state index contributed by atoms with van der Waals surface area (Å²) in [6.07, 6.45) is 12.2. The Labute approximate surface area is 225 Å². The van der Waals surface area contributed by atoms with E-state index in [9.17, 15) is 13.5 Å². The average molecular weight is 546 g/mol. The third-order valence-electron chi connectivity index (χ3n) is 6.68. The van der Waals surface area contributed by atoms with Gasteiger partial charge in [-0.1, -0.05) is 11.8 Å². The summed E-state index contributed by atoms with van der Waals surface area (Å²) in [7, 11) is -1.63. The molecule has 13 heteroatoms. The van der Waals surface area contributed by atoms with Crippen molar-refractivity contribution < 1.29 is 13.5 Å². The molecule has 3 N–H and O–H groups in total. The van der Waals surface area contributed by atoms with Crippen molar-refractivity contribution in [3.8, 4) is 23.2 Å². The Morgan fingerprint density at radius 3 is 2.67 bits per heavy atom. The van der Waals surface area contributed by atoms with Crippen LogP contribution in [0.2, 0.25) is 0 Å². The van der Waals surface area contributed by atoms with E-state index in [0.29, 0.717) is 48.8 Å². The van der Waals surface area contributed by atoms with Crippen LogP contribution in [0.15, 0.2) is 49.3 Å². The number of nitrogens with zero attached hydrogens (tertiary/aromatic N) is 7. The minimum absolute atomic E-state index is 0.00960. The first-order valence-corrected chi connectivity index (χ1v) is 14.2. The summed E-state index contributed by atoms with van der Waals surface area (Å²) < 4.78 is 27.7. The third kappa shape index (κ3) is 5.53. The van der Waals surface area contributed by atoms with Crippen LogP contribution in [0.25, 0.3) is 11.4 Å². The van der Waals surface area contributed by atoms with E-state index in [1.54, 1.807) is 29.3 Å². The average Bonchev–Trinajstić information content (AvgIpc) is 3.53. The van der Waals surface area contributed by atoms with E-state index >= 15 is 0 Å². The lowest BCUT2D eigenvalue weighted by Gasteiger charge is -2.28. The molecule has 4 aromatic heterocycles. The number of pyridine rings is 1. The molecule has 0 aromatic carbocycles. The van der Waals surface area contributed by atoms with E-state index in [1.165, 1.54) is 12.4 Å². The molecular formula is C26H27N9O3S. The van der Waals surface area contributed by atoms with Gasteiger partial charge in [0.1, 0.15) is 11.6 Å². The van der Waals surface area contributed by atoms with Crippen molar-refractivity contribution in [1.29, 1.82) is 0 Å². The van der Waals surface area contributed by atoms with Crippen molar-refractivity contribution in [2.75, 3.05) is 11.9 Å². The van der Waals surface area contributed by atoms with Crippen molar-refractivity contribution >= 4 is 21.7 Å². The summed E-state index contributed by atoms with van der Waals surface area (Å²) in [5, 5.41) is 24.4. The van der Waals surface area contributed by atoms with Crippen LogP contribution >= 0.6 is 0 Å². The van der Waals surface area contributed by atoms with Crippen molar-refractivity contribution in [2.24, 2.45) is 7.05 Å². The number of aromatic nitrogens is 7. The van der Waals surface area contributed by atoms with Crippen molar-refractivity contribution in [3.05, 3.63) is 66.0 Å². The Hall–Kier alpha value is -4.12. The standard InChI is InChI=1S/C26H27N9O3S/c1-34-15-17(11-30-34)2-3-18-12-29-25(10-22(18)23-7-4-20(36)14-28-23)32-24-8-9-27-26(33-24)19-13-31-35(16-19)39(37,38)21-5-6-21/h8-13,15-16,20-21,23,28,36H,4-7,14H2,1H3,(H,27,29,32,33). The zero-order chi connectivity index (χ0) is 27.0. The fourth-order valence-corrected chi connectivity index (χ4v) is 5.92. The first-order valence-electron chi connectivity index (χ1n) is 12.7. The van der Waals surface area contributed by atoms with Crippen LogP contribution in [0, 0.1) is 11.8 Å². The predicted molar refractivity (Wildman–Crippen MR) is 143 cm³/mol. The molecule has 5 heterocycles. The number of rotatable bonds is 6. The number of piperidine rings is 1. The van der Waals surface area contributed by atoms with E-state index < -0.39 is 10.0 Å². The van der Waals surface area contributed by atoms with Gasteiger partial charge < -0.3 is 15.7 Å². The molecule has 200 valence electrons. The molecule has 39 heavy (non-hydrogen) atoms. The van der Waals surface area contributed by atoms with Gasteiger partial charge >= 0.3 is 0 Å². The van der Waals surface area contributed by atoms with E-state index in [1.807, 2.05) is 19.3 Å². The number of anilines is 2. The molecule has 1 saturated carbocycles. The maximum atomic E-state index is 12.5. The second kappa shape index (κ2) is 10.2. The van der Waals surface area contributed by atoms with Crippen LogP contribution in [0.1, 0.15) is 48.4 Å². The third-order valence-corrected chi connectivity index (χ3v) is 8.72. The lowest BCUT2D eigenvalue weighted by Crippen LogP contribution is -2.36. The lowest BCUT2D eigenvalue weighted by molar-refractivity contribution is 0.126. The van der Waals surface area contributed by atoms with E-state index in [-0.39, 0.29) is 17.4 Å². The smallest absolute Gasteiger partial charge is 0.256 e. The summed E-state index contributed by atoms with van der Waals surface area (Å²) in [5.41, 5.74) is 3.06. The highest BCUT2D eigenvalue weighted by molar-refractivity contribution is 7.90. The van der Waals surface area contributed by atoms with Crippen LogP contribution in [0.5, 0.6) is 0 Å². The fraction of sp³-hybridized carbons (Fsp3) is 0.346. The van der Waals surface area contributed by atoms with E-state index in [2.05, 4.69) is 47.6 Å². The van der Waals surface area contributed by atoms with Crippen molar-refractivity contribution in [3.63, 3.8) is 0 Å². The van der Waals surface area contributed by atoms with Gasteiger partial charge in [0.15, 0.2) is 5.82 Å². The number of β-amino-alcohol motifs (C(OH)–C–C–N with tert-alkyl or cyclic N) is 1. The molecule has 2 unspecified atom stereocenters. The molecule has 1 aliphatic carbocycles. The molecule has 0 bridgehead atoms. The molecule has 2 aliphatic rings. The van der Waals surface area contributed by atoms with Crippen LogP contribution in [0.3, 0.4) is 0 Å². The molecule has 1 aliphatic heterocycles. The molecule has 6 rings (SSSR count). The monoisotopic (exact) mass is 545 g/mol. The summed E-state index contributed by atoms with van der Waals surface area (Å²) >= 11 is 0. The number of hydrogen-bond donors (Lipinski definition) is 3. The molecule has 2 fully saturated rings. The van der Waals surface area contributed by atoms with Gasteiger partial charge in [-0.25, -0.2) is 23.4 Å². The van der Waals surface area contributed by atoms with E-state index in [4.69, 9.17) is 0 Å². The van der Waals surface area contributed by atoms with Crippen LogP contribution in [-0.4, -0.2) is 65.3 Å². The Bertz CT molecular complexity index is 1670. The second-order valence-corrected chi connectivity index (χ2v) is 11.8. The Balaban J connectivity index is 1.27. The van der Waals surface area contributed by atoms with E-state index in [0.717, 1.165) is 27.2 Å². The minimum atomic E-state index is -3.47. The summed E-state index contributed by atoms with van der Waals surface area (Å²) in [4.78, 5) is 13.4. The van der Waals surface area contributed by atoms with Crippen LogP contribution < -0.4 is 10.6 Å². The highest BCUT2D eigenvalue weighted by Crippen LogP contribution is 2.31. The molecule has 0 amide bonds. The lowest BCUT2D eigenvalue weighted by atomic mass is 9.93. The van der Waals surface area contributed by atoms with Crippen LogP contribution in [-0.2, 0) is 17.1 Å². The maximum absolute atomic E-state index is 12.5. The Morgan fingerprint density at radius 1 is 1.05 bits per heavy atom. The Morgan fingerprint density at radius 2 is 1.92 bits per heavy atom. The second-order valence-electron chi connectivity index (χ2n) is 9.74. The normalized spacial score (nSPS) is 19.3. The van der Waals surface area contributed by atoms with Gasteiger partial charge in [0.05, 0.1) is 41.1 Å². The zero-order valence-electron chi connectivity index (χ0n) is 21.2. The van der Waals surface area contributed by atoms with Gasteiger partial charge in [0, 0.05) is 43.8 Å². The van der Waals surface area contributed by atoms with Crippen LogP contribution in [0.4, 0.5) is 11.6 Å². The summed E-state index contributed by atoms with van der Waals surface area (Å²) in [6.45, 7) is 0.505. The topological polar surface area (TPSA) is 153 Å². The molecule has 4 aromatic rings. The Kier molecular flexibility index (Phi) is 6.59. The predicted octanol–water partition coefficient (Wildman–Crippen LogP) is 1.74. The minimum Gasteiger partial charge on any atom is -0.392 e. The van der Waals surface area contributed by atoms with Gasteiger partial charge in [-0.05, 0) is 43.4 Å². The van der Waals surface area contributed by atoms with Gasteiger partial charge in [-0.2, -0.15) is 14.3 Å². The molecule has 12 nitrogen and oxygen atoms in total. The number of hydrogen-bond acceptors (Lipinski definition) is 10. The summed E-state index contributed by atoms with van der Waals surface area (Å²) in [5.74, 6) is 7.78. The quantitative estimate of drug-likeness (QED) is 0.305. The first kappa shape index (κ1) is 25.2. The maximum Gasteiger partial charge on any atom is 0.256 e. The summed E-state index contributed by atoms with van der Waals surface area (Å²) in [6, 6.07) is 3.65. The number of aliphatic hydroxyl groups excluding tert-OH is 1. The molecule has 0 radical (unpaired) electrons.